The molecule has 0 spiro atoms. The van der Waals surface area contributed by atoms with Crippen LogP contribution in [0.25, 0.3) is 0 Å². The van der Waals surface area contributed by atoms with E-state index in [9.17, 15) is 31.2 Å². The summed E-state index contributed by atoms with van der Waals surface area (Å²) in [6.45, 7) is 4.59. The SMILES string of the molecule is C[PH+]1CCCC[P+](C)(O)CCCC1.O=S(=O)([O-])C(F)(F)F.O=S(=O)([O-])C(F)(F)F. The molecule has 178 valence electrons. The summed E-state index contributed by atoms with van der Waals surface area (Å²) in [4.78, 5) is 10.1. The second-order valence-corrected chi connectivity index (χ2v) is 15.7. The summed E-state index contributed by atoms with van der Waals surface area (Å²) >= 11 is 0. The molecule has 1 rings (SSSR count). The highest BCUT2D eigenvalue weighted by atomic mass is 32.2. The van der Waals surface area contributed by atoms with Gasteiger partial charge in [0.1, 0.15) is 7.49 Å². The minimum Gasteiger partial charge on any atom is -0.741 e. The third-order valence-corrected chi connectivity index (χ3v) is 9.66. The lowest BCUT2D eigenvalue weighted by Gasteiger charge is -2.17. The van der Waals surface area contributed by atoms with Crippen LogP contribution in [0, 0.1) is 0 Å². The van der Waals surface area contributed by atoms with Crippen molar-refractivity contribution in [3.05, 3.63) is 0 Å². The average Bonchev–Trinajstić information content (AvgIpc) is 2.45. The molecule has 1 aliphatic rings. The van der Waals surface area contributed by atoms with Crippen LogP contribution in [0.3, 0.4) is 0 Å². The van der Waals surface area contributed by atoms with Gasteiger partial charge in [0.25, 0.3) is 0 Å². The van der Waals surface area contributed by atoms with E-state index >= 15 is 0 Å². The van der Waals surface area contributed by atoms with Crippen LogP contribution in [0.4, 0.5) is 26.3 Å². The number of hydrogen-bond acceptors (Lipinski definition) is 7. The molecule has 1 saturated heterocycles. The van der Waals surface area contributed by atoms with Gasteiger partial charge in [-0.25, -0.2) is 16.8 Å². The van der Waals surface area contributed by atoms with E-state index in [0.717, 1.165) is 12.3 Å². The molecule has 0 radical (unpaired) electrons. The molecule has 1 aliphatic heterocycles. The molecule has 0 aromatic heterocycles. The van der Waals surface area contributed by atoms with Gasteiger partial charge < -0.3 is 9.11 Å². The first-order chi connectivity index (χ1) is 12.6. The van der Waals surface area contributed by atoms with Crippen molar-refractivity contribution < 1.29 is 57.2 Å². The second kappa shape index (κ2) is 12.3. The largest absolute Gasteiger partial charge is 0.741 e. The van der Waals surface area contributed by atoms with Crippen LogP contribution in [0.2, 0.25) is 0 Å². The van der Waals surface area contributed by atoms with E-state index in [1.807, 2.05) is 0 Å². The van der Waals surface area contributed by atoms with Crippen molar-refractivity contribution in [3.63, 3.8) is 0 Å². The molecular weight excluding hydrogens is 496 g/mol. The van der Waals surface area contributed by atoms with Crippen molar-refractivity contribution in [2.45, 2.75) is 36.7 Å². The van der Waals surface area contributed by atoms with Crippen LogP contribution < -0.4 is 0 Å². The van der Waals surface area contributed by atoms with Crippen molar-refractivity contribution >= 4 is 35.6 Å². The zero-order valence-electron chi connectivity index (χ0n) is 15.6. The molecular formula is C12H24F6O7P2S2. The summed E-state index contributed by atoms with van der Waals surface area (Å²) in [6.07, 6.45) is 10.5. The Hall–Kier alpha value is 0.220. The summed E-state index contributed by atoms with van der Waals surface area (Å²) in [7, 11) is -13.6. The van der Waals surface area contributed by atoms with Crippen molar-refractivity contribution in [1.82, 2.24) is 0 Å². The molecule has 0 unspecified atom stereocenters. The lowest BCUT2D eigenvalue weighted by molar-refractivity contribution is -0.0522. The average molecular weight is 520 g/mol. The summed E-state index contributed by atoms with van der Waals surface area (Å²) in [6, 6.07) is 0. The fourth-order valence-electron chi connectivity index (χ4n) is 2.00. The van der Waals surface area contributed by atoms with E-state index in [1.165, 1.54) is 38.0 Å². The van der Waals surface area contributed by atoms with Gasteiger partial charge in [0, 0.05) is 6.66 Å². The quantitative estimate of drug-likeness (QED) is 0.225. The number of halogens is 6. The number of hydrogen-bond donors (Lipinski definition) is 1. The van der Waals surface area contributed by atoms with E-state index in [1.54, 1.807) is 0 Å². The highest BCUT2D eigenvalue weighted by molar-refractivity contribution is 7.86. The third-order valence-electron chi connectivity index (χ3n) is 3.55. The van der Waals surface area contributed by atoms with Gasteiger partial charge >= 0.3 is 11.0 Å². The molecule has 0 aliphatic carbocycles. The molecule has 17 heteroatoms. The molecule has 0 saturated carbocycles. The molecule has 0 bridgehead atoms. The van der Waals surface area contributed by atoms with Crippen LogP contribution in [-0.4, -0.2) is 79.8 Å². The Balaban J connectivity index is 0. The maximum absolute atomic E-state index is 10.7. The van der Waals surface area contributed by atoms with Gasteiger partial charge in [0.2, 0.25) is 0 Å². The predicted octanol–water partition coefficient (Wildman–Crippen LogP) is 3.06. The molecule has 0 aromatic rings. The van der Waals surface area contributed by atoms with Crippen molar-refractivity contribution in [2.75, 3.05) is 38.0 Å². The van der Waals surface area contributed by atoms with Crippen LogP contribution >= 0.6 is 15.4 Å². The number of alkyl halides is 6. The Morgan fingerprint density at radius 1 is 0.793 bits per heavy atom. The van der Waals surface area contributed by atoms with Crippen LogP contribution in [0.15, 0.2) is 0 Å². The van der Waals surface area contributed by atoms with Gasteiger partial charge in [0.15, 0.2) is 20.2 Å². The summed E-state index contributed by atoms with van der Waals surface area (Å²) in [5.41, 5.74) is -11.3. The normalized spacial score (nSPS) is 25.0. The Labute approximate surface area is 167 Å². The molecule has 29 heavy (non-hydrogen) atoms. The van der Waals surface area contributed by atoms with Gasteiger partial charge in [-0.2, -0.15) is 26.3 Å². The van der Waals surface area contributed by atoms with E-state index in [0.29, 0.717) is 0 Å². The minimum absolute atomic E-state index is 0.00298. The monoisotopic (exact) mass is 520 g/mol. The smallest absolute Gasteiger partial charge is 0.485 e. The van der Waals surface area contributed by atoms with E-state index < -0.39 is 38.7 Å². The zero-order valence-corrected chi connectivity index (χ0v) is 19.1. The molecule has 0 amide bonds. The fourth-order valence-corrected chi connectivity index (χ4v) is 5.99. The molecule has 1 fully saturated rings. The lowest BCUT2D eigenvalue weighted by atomic mass is 10.4. The van der Waals surface area contributed by atoms with E-state index in [2.05, 4.69) is 13.3 Å². The van der Waals surface area contributed by atoms with E-state index in [-0.39, 0.29) is 7.92 Å². The van der Waals surface area contributed by atoms with Crippen LogP contribution in [0.5, 0.6) is 0 Å². The van der Waals surface area contributed by atoms with Crippen LogP contribution in [-0.2, 0) is 20.2 Å². The molecule has 7 nitrogen and oxygen atoms in total. The summed E-state index contributed by atoms with van der Waals surface area (Å²) in [5.74, 6) is 0. The van der Waals surface area contributed by atoms with Gasteiger partial charge in [-0.1, -0.05) is 0 Å². The predicted molar refractivity (Wildman–Crippen MR) is 98.7 cm³/mol. The van der Waals surface area contributed by atoms with Crippen molar-refractivity contribution in [2.24, 2.45) is 0 Å². The summed E-state index contributed by atoms with van der Waals surface area (Å²) in [5, 5.41) is 0. The van der Waals surface area contributed by atoms with Gasteiger partial charge in [-0.05, 0) is 33.6 Å². The highest BCUT2D eigenvalue weighted by Crippen LogP contribution is 2.53. The van der Waals surface area contributed by atoms with Gasteiger partial charge in [-0.3, -0.25) is 4.89 Å². The Morgan fingerprint density at radius 2 is 1.03 bits per heavy atom. The van der Waals surface area contributed by atoms with Crippen LogP contribution in [0.1, 0.15) is 25.7 Å². The van der Waals surface area contributed by atoms with Crippen molar-refractivity contribution in [3.8, 4) is 0 Å². The van der Waals surface area contributed by atoms with Gasteiger partial charge in [0.05, 0.1) is 31.3 Å². The topological polar surface area (TPSA) is 135 Å². The number of rotatable bonds is 0. The Morgan fingerprint density at radius 3 is 1.24 bits per heavy atom. The molecule has 0 atom stereocenters. The molecule has 1 heterocycles. The zero-order chi connectivity index (χ0) is 23.7. The maximum atomic E-state index is 10.7. The second-order valence-electron chi connectivity index (χ2n) is 6.46. The first kappa shape index (κ1) is 31.4. The Bertz CT molecular complexity index is 622. The fraction of sp³-hybridized carbons (Fsp3) is 1.00. The molecule has 0 aromatic carbocycles. The highest BCUT2D eigenvalue weighted by Gasteiger charge is 2.37. The minimum atomic E-state index is -6.09. The standard InChI is InChI=1S/C10H23OP2.2CHF3O3S/c1-12-7-3-5-9-13(2,11)10-6-4-8-12;2*2-1(3,4)8(5,6)7/h11H,3-10H2,1-2H3;2*(H,5,6,7)/q+1;;/p-1. The first-order valence-corrected chi connectivity index (χ1v) is 15.8. The van der Waals surface area contributed by atoms with Gasteiger partial charge in [-0.15, -0.1) is 0 Å². The summed E-state index contributed by atoms with van der Waals surface area (Å²) < 4.78 is 118. The lowest BCUT2D eigenvalue weighted by Crippen LogP contribution is -2.21. The van der Waals surface area contributed by atoms with Crippen molar-refractivity contribution in [1.29, 1.82) is 0 Å². The van der Waals surface area contributed by atoms with E-state index in [4.69, 9.17) is 25.9 Å². The third kappa shape index (κ3) is 16.6. The maximum Gasteiger partial charge on any atom is 0.485 e. The molecule has 1 N–H and O–H groups in total. The first-order valence-electron chi connectivity index (χ1n) is 8.03. The Kier molecular flexibility index (Phi) is 13.3.